The van der Waals surface area contributed by atoms with Crippen LogP contribution < -0.4 is 20.7 Å². The molecule has 0 radical (unpaired) electrons. The van der Waals surface area contributed by atoms with Crippen LogP contribution in [0.1, 0.15) is 68.7 Å². The fraction of sp³-hybridized carbons (Fsp3) is 0.219. The third-order valence-electron chi connectivity index (χ3n) is 6.41. The van der Waals surface area contributed by atoms with Gasteiger partial charge in [0.05, 0.1) is 23.1 Å². The summed E-state index contributed by atoms with van der Waals surface area (Å²) in [6.07, 6.45) is 4.91. The van der Waals surface area contributed by atoms with Gasteiger partial charge >= 0.3 is 0 Å². The largest absolute Gasteiger partial charge is 0.489 e. The summed E-state index contributed by atoms with van der Waals surface area (Å²) in [5.74, 6) is -0.402. The van der Waals surface area contributed by atoms with Crippen molar-refractivity contribution in [3.63, 3.8) is 0 Å². The number of ether oxygens (including phenoxy) is 1. The van der Waals surface area contributed by atoms with Crippen molar-refractivity contribution in [2.45, 2.75) is 39.7 Å². The highest BCUT2D eigenvalue weighted by molar-refractivity contribution is 6.08. The third-order valence-corrected chi connectivity index (χ3v) is 6.41. The quantitative estimate of drug-likeness (QED) is 0.265. The van der Waals surface area contributed by atoms with Crippen molar-refractivity contribution in [3.05, 3.63) is 113 Å². The van der Waals surface area contributed by atoms with Gasteiger partial charge in [0, 0.05) is 36.3 Å². The van der Waals surface area contributed by atoms with Crippen molar-refractivity contribution in [1.82, 2.24) is 15.3 Å². The van der Waals surface area contributed by atoms with Crippen LogP contribution >= 0.6 is 0 Å². The number of nitrogens with one attached hydrogen (secondary N) is 3. The molecule has 41 heavy (non-hydrogen) atoms. The summed E-state index contributed by atoms with van der Waals surface area (Å²) < 4.78 is 5.78. The van der Waals surface area contributed by atoms with Crippen LogP contribution in [0.5, 0.6) is 5.75 Å². The molecule has 2 aromatic heterocycles. The van der Waals surface area contributed by atoms with E-state index in [9.17, 15) is 14.4 Å². The standard InChI is InChI=1S/C32H33N5O4/c1-20-28(31(40)36-25-6-8-27(9-7-25)41-19-21-10-12-34-13-11-21)17-26(18-35-20)37-30(39)23-14-22(29(38)33-5)15-24(16-23)32(2,3)4/h6-18H,19H2,1-5H3,(H,33,38)(H,36,40)(H,37,39). The highest BCUT2D eigenvalue weighted by atomic mass is 16.5. The van der Waals surface area contributed by atoms with Gasteiger partial charge in [0.25, 0.3) is 17.7 Å². The molecule has 0 aliphatic rings. The lowest BCUT2D eigenvalue weighted by molar-refractivity contribution is 0.0962. The molecule has 4 rings (SSSR count). The van der Waals surface area contributed by atoms with E-state index in [0.717, 1.165) is 11.1 Å². The van der Waals surface area contributed by atoms with E-state index < -0.39 is 5.91 Å². The highest BCUT2D eigenvalue weighted by Gasteiger charge is 2.20. The summed E-state index contributed by atoms with van der Waals surface area (Å²) in [5, 5.41) is 8.28. The second-order valence-electron chi connectivity index (χ2n) is 10.6. The van der Waals surface area contributed by atoms with Crippen molar-refractivity contribution < 1.29 is 19.1 Å². The molecule has 0 unspecified atom stereocenters. The predicted molar refractivity (Wildman–Crippen MR) is 158 cm³/mol. The molecule has 0 saturated heterocycles. The van der Waals surface area contributed by atoms with Crippen LogP contribution in [0, 0.1) is 6.92 Å². The summed E-state index contributed by atoms with van der Waals surface area (Å²) in [4.78, 5) is 46.9. The molecule has 3 N–H and O–H groups in total. The Morgan fingerprint density at radius 2 is 1.44 bits per heavy atom. The molecule has 0 fully saturated rings. The van der Waals surface area contributed by atoms with Crippen LogP contribution in [0.25, 0.3) is 0 Å². The first-order valence-corrected chi connectivity index (χ1v) is 13.1. The summed E-state index contributed by atoms with van der Waals surface area (Å²) >= 11 is 0. The Balaban J connectivity index is 1.46. The van der Waals surface area contributed by atoms with E-state index >= 15 is 0 Å². The minimum atomic E-state index is -0.416. The molecule has 210 valence electrons. The normalized spacial score (nSPS) is 11.0. The number of aryl methyl sites for hydroxylation is 1. The van der Waals surface area contributed by atoms with E-state index in [-0.39, 0.29) is 17.2 Å². The second kappa shape index (κ2) is 12.4. The fourth-order valence-corrected chi connectivity index (χ4v) is 3.98. The Morgan fingerprint density at radius 1 is 0.805 bits per heavy atom. The summed E-state index contributed by atoms with van der Waals surface area (Å²) in [7, 11) is 1.54. The fourth-order valence-electron chi connectivity index (χ4n) is 3.98. The van der Waals surface area contributed by atoms with Crippen molar-refractivity contribution in [2.75, 3.05) is 17.7 Å². The number of hydrogen-bond acceptors (Lipinski definition) is 6. The zero-order valence-electron chi connectivity index (χ0n) is 23.7. The second-order valence-corrected chi connectivity index (χ2v) is 10.6. The average molecular weight is 552 g/mol. The molecule has 0 aliphatic carbocycles. The number of amides is 3. The minimum Gasteiger partial charge on any atom is -0.489 e. The van der Waals surface area contributed by atoms with Crippen molar-refractivity contribution in [3.8, 4) is 5.75 Å². The monoisotopic (exact) mass is 551 g/mol. The number of anilines is 2. The molecule has 4 aromatic rings. The van der Waals surface area contributed by atoms with Gasteiger partial charge in [-0.1, -0.05) is 20.8 Å². The number of pyridine rings is 2. The van der Waals surface area contributed by atoms with E-state index in [4.69, 9.17) is 4.74 Å². The third kappa shape index (κ3) is 7.54. The van der Waals surface area contributed by atoms with Crippen molar-refractivity contribution in [1.29, 1.82) is 0 Å². The molecule has 2 heterocycles. The van der Waals surface area contributed by atoms with Crippen molar-refractivity contribution >= 4 is 29.1 Å². The minimum absolute atomic E-state index is 0.278. The van der Waals surface area contributed by atoms with Gasteiger partial charge in [0.1, 0.15) is 12.4 Å². The van der Waals surface area contributed by atoms with Crippen molar-refractivity contribution in [2.24, 2.45) is 0 Å². The smallest absolute Gasteiger partial charge is 0.257 e. The molecule has 0 saturated carbocycles. The lowest BCUT2D eigenvalue weighted by Gasteiger charge is -2.21. The molecule has 3 amide bonds. The molecule has 9 heteroatoms. The summed E-state index contributed by atoms with van der Waals surface area (Å²) in [6.45, 7) is 8.16. The first-order valence-electron chi connectivity index (χ1n) is 13.1. The Labute approximate surface area is 239 Å². The molecule has 0 bridgehead atoms. The number of aromatic nitrogens is 2. The summed E-state index contributed by atoms with van der Waals surface area (Å²) in [5.41, 5.74) is 4.05. The Kier molecular flexibility index (Phi) is 8.77. The molecule has 9 nitrogen and oxygen atoms in total. The van der Waals surface area contributed by atoms with Crippen LogP contribution in [0.15, 0.2) is 79.3 Å². The van der Waals surface area contributed by atoms with Crippen LogP contribution in [0.3, 0.4) is 0 Å². The van der Waals surface area contributed by atoms with E-state index in [1.54, 1.807) is 74.9 Å². The average Bonchev–Trinajstić information content (AvgIpc) is 2.97. The maximum atomic E-state index is 13.2. The van der Waals surface area contributed by atoms with E-state index in [1.165, 1.54) is 6.20 Å². The van der Waals surface area contributed by atoms with E-state index in [0.29, 0.717) is 46.1 Å². The molecule has 0 atom stereocenters. The molecule has 0 spiro atoms. The van der Waals surface area contributed by atoms with Crippen LogP contribution in [-0.2, 0) is 12.0 Å². The molecular formula is C32H33N5O4. The number of nitrogens with zero attached hydrogens (tertiary/aromatic N) is 2. The maximum absolute atomic E-state index is 13.2. The van der Waals surface area contributed by atoms with Gasteiger partial charge in [-0.05, 0) is 84.1 Å². The number of carbonyl (C=O) groups is 3. The zero-order valence-corrected chi connectivity index (χ0v) is 23.7. The number of benzene rings is 2. The molecular weight excluding hydrogens is 518 g/mol. The molecule has 0 aliphatic heterocycles. The van der Waals surface area contributed by atoms with Gasteiger partial charge in [-0.15, -0.1) is 0 Å². The van der Waals surface area contributed by atoms with Gasteiger partial charge in [0.2, 0.25) is 0 Å². The first kappa shape index (κ1) is 28.9. The maximum Gasteiger partial charge on any atom is 0.257 e. The molecule has 2 aromatic carbocycles. The Hall–Kier alpha value is -5.05. The van der Waals surface area contributed by atoms with Gasteiger partial charge < -0.3 is 20.7 Å². The Bertz CT molecular complexity index is 1560. The highest BCUT2D eigenvalue weighted by Crippen LogP contribution is 2.26. The van der Waals surface area contributed by atoms with Gasteiger partial charge in [-0.3, -0.25) is 24.4 Å². The zero-order chi connectivity index (χ0) is 29.6. The SMILES string of the molecule is CNC(=O)c1cc(C(=O)Nc2cnc(C)c(C(=O)Nc3ccc(OCc4ccncc4)cc3)c2)cc(C(C)(C)C)c1. The topological polar surface area (TPSA) is 122 Å². The van der Waals surface area contributed by atoms with Crippen LogP contribution in [-0.4, -0.2) is 34.7 Å². The lowest BCUT2D eigenvalue weighted by atomic mass is 9.85. The van der Waals surface area contributed by atoms with Gasteiger partial charge in [-0.2, -0.15) is 0 Å². The van der Waals surface area contributed by atoms with Gasteiger partial charge in [0.15, 0.2) is 0 Å². The van der Waals surface area contributed by atoms with E-state index in [2.05, 4.69) is 25.9 Å². The van der Waals surface area contributed by atoms with Crippen LogP contribution in [0.4, 0.5) is 11.4 Å². The first-order chi connectivity index (χ1) is 19.5. The Morgan fingerprint density at radius 3 is 2.07 bits per heavy atom. The summed E-state index contributed by atoms with van der Waals surface area (Å²) in [6, 6.07) is 17.5. The van der Waals surface area contributed by atoms with Gasteiger partial charge in [-0.25, -0.2) is 0 Å². The number of rotatable bonds is 8. The lowest BCUT2D eigenvalue weighted by Crippen LogP contribution is -2.22. The predicted octanol–water partition coefficient (Wildman–Crippen LogP) is 5.53. The van der Waals surface area contributed by atoms with E-state index in [1.807, 2.05) is 32.9 Å². The number of carbonyl (C=O) groups excluding carboxylic acids is 3. The van der Waals surface area contributed by atoms with Crippen LogP contribution in [0.2, 0.25) is 0 Å². The number of hydrogen-bond donors (Lipinski definition) is 3.